The predicted molar refractivity (Wildman–Crippen MR) is 69.3 cm³/mol. The molecule has 0 radical (unpaired) electrons. The van der Waals surface area contributed by atoms with Crippen LogP contribution >= 0.6 is 0 Å². The Bertz CT molecular complexity index is 546. The molecule has 1 saturated carbocycles. The number of hydrogen-bond acceptors (Lipinski definition) is 4. The second kappa shape index (κ2) is 4.35. The fourth-order valence-corrected chi connectivity index (χ4v) is 4.08. The predicted octanol–water partition coefficient (Wildman–Crippen LogP) is 1.04. The molecule has 2 heterocycles. The minimum atomic E-state index is -2.92. The molecule has 0 amide bonds. The lowest BCUT2D eigenvalue weighted by molar-refractivity contribution is 0.409. The van der Waals surface area contributed by atoms with Crippen molar-refractivity contribution in [1.82, 2.24) is 15.3 Å². The molecule has 1 atom stereocenters. The molecule has 1 unspecified atom stereocenters. The Hall–Kier alpha value is -0.880. The van der Waals surface area contributed by atoms with Crippen molar-refractivity contribution in [2.75, 3.05) is 18.1 Å². The molecule has 5 nitrogen and oxygen atoms in total. The number of imidazole rings is 1. The van der Waals surface area contributed by atoms with Gasteiger partial charge in [0.2, 0.25) is 0 Å². The highest BCUT2D eigenvalue weighted by molar-refractivity contribution is 7.91. The fraction of sp³-hybridized carbons (Fsp3) is 0.750. The van der Waals surface area contributed by atoms with Crippen LogP contribution in [-0.4, -0.2) is 36.4 Å². The highest BCUT2D eigenvalue weighted by atomic mass is 32.2. The van der Waals surface area contributed by atoms with E-state index in [2.05, 4.69) is 15.3 Å². The second-order valence-corrected chi connectivity index (χ2v) is 7.61. The first-order chi connectivity index (χ1) is 8.55. The maximum Gasteiger partial charge on any atom is 0.153 e. The lowest BCUT2D eigenvalue weighted by atomic mass is 9.82. The van der Waals surface area contributed by atoms with E-state index >= 15 is 0 Å². The molecule has 1 aromatic rings. The Balaban J connectivity index is 1.83. The van der Waals surface area contributed by atoms with Crippen molar-refractivity contribution in [1.29, 1.82) is 0 Å². The number of sulfone groups is 1. The van der Waals surface area contributed by atoms with Gasteiger partial charge in [0, 0.05) is 18.2 Å². The zero-order valence-corrected chi connectivity index (χ0v) is 11.4. The lowest BCUT2D eigenvalue weighted by Gasteiger charge is -2.24. The van der Waals surface area contributed by atoms with Gasteiger partial charge in [-0.1, -0.05) is 6.42 Å². The molecular formula is C12H19N3O2S. The molecule has 0 bridgehead atoms. The summed E-state index contributed by atoms with van der Waals surface area (Å²) in [6, 6.07) is -0.170. The smallest absolute Gasteiger partial charge is 0.153 e. The molecule has 2 N–H and O–H groups in total. The molecule has 2 fully saturated rings. The SMILES string of the molecule is Cc1[nH]c(C2CS(=O)(=O)CCN2)nc1C1CCC1. The number of aromatic nitrogens is 2. The molecule has 0 spiro atoms. The molecule has 1 aromatic heterocycles. The van der Waals surface area contributed by atoms with E-state index in [-0.39, 0.29) is 17.5 Å². The van der Waals surface area contributed by atoms with Gasteiger partial charge in [-0.3, -0.25) is 0 Å². The number of hydrogen-bond donors (Lipinski definition) is 2. The normalized spacial score (nSPS) is 27.9. The van der Waals surface area contributed by atoms with Crippen molar-refractivity contribution in [2.24, 2.45) is 0 Å². The molecular weight excluding hydrogens is 250 g/mol. The third kappa shape index (κ3) is 2.19. The second-order valence-electron chi connectivity index (χ2n) is 5.38. The van der Waals surface area contributed by atoms with Gasteiger partial charge in [-0.2, -0.15) is 0 Å². The number of aryl methyl sites for hydroxylation is 1. The van der Waals surface area contributed by atoms with Crippen LogP contribution in [0.15, 0.2) is 0 Å². The topological polar surface area (TPSA) is 74.8 Å². The maximum absolute atomic E-state index is 11.6. The summed E-state index contributed by atoms with van der Waals surface area (Å²) in [6.45, 7) is 2.55. The van der Waals surface area contributed by atoms with Gasteiger partial charge >= 0.3 is 0 Å². The Kier molecular flexibility index (Phi) is 2.94. The monoisotopic (exact) mass is 269 g/mol. The van der Waals surface area contributed by atoms with E-state index in [1.165, 1.54) is 19.3 Å². The van der Waals surface area contributed by atoms with Gasteiger partial charge in [-0.25, -0.2) is 13.4 Å². The van der Waals surface area contributed by atoms with E-state index in [0.717, 1.165) is 17.2 Å². The summed E-state index contributed by atoms with van der Waals surface area (Å²) in [7, 11) is -2.92. The number of nitrogens with one attached hydrogen (secondary N) is 2. The van der Waals surface area contributed by atoms with E-state index in [1.807, 2.05) is 6.92 Å². The Labute approximate surface area is 107 Å². The number of rotatable bonds is 2. The zero-order valence-electron chi connectivity index (χ0n) is 10.6. The first-order valence-corrected chi connectivity index (χ1v) is 8.37. The van der Waals surface area contributed by atoms with Gasteiger partial charge in [0.25, 0.3) is 0 Å². The van der Waals surface area contributed by atoms with Gasteiger partial charge in [-0.05, 0) is 19.8 Å². The summed E-state index contributed by atoms with van der Waals surface area (Å²) in [5.74, 6) is 1.76. The first kappa shape index (κ1) is 12.2. The highest BCUT2D eigenvalue weighted by Gasteiger charge is 2.30. The zero-order chi connectivity index (χ0) is 12.8. The van der Waals surface area contributed by atoms with Crippen LogP contribution in [-0.2, 0) is 9.84 Å². The fourth-order valence-electron chi connectivity index (χ4n) is 2.70. The van der Waals surface area contributed by atoms with Gasteiger partial charge in [0.1, 0.15) is 5.82 Å². The highest BCUT2D eigenvalue weighted by Crippen LogP contribution is 2.37. The molecule has 3 rings (SSSR count). The number of H-pyrrole nitrogens is 1. The van der Waals surface area contributed by atoms with E-state index < -0.39 is 9.84 Å². The molecule has 1 aliphatic heterocycles. The van der Waals surface area contributed by atoms with E-state index in [4.69, 9.17) is 0 Å². The van der Waals surface area contributed by atoms with Crippen molar-refractivity contribution < 1.29 is 8.42 Å². The van der Waals surface area contributed by atoms with E-state index in [0.29, 0.717) is 12.5 Å². The number of aromatic amines is 1. The third-order valence-corrected chi connectivity index (χ3v) is 5.65. The Morgan fingerprint density at radius 2 is 2.11 bits per heavy atom. The van der Waals surface area contributed by atoms with Crippen LogP contribution < -0.4 is 5.32 Å². The van der Waals surface area contributed by atoms with Crippen LogP contribution in [0, 0.1) is 6.92 Å². The summed E-state index contributed by atoms with van der Waals surface area (Å²) in [6.07, 6.45) is 3.70. The van der Waals surface area contributed by atoms with Gasteiger partial charge in [0.15, 0.2) is 9.84 Å². The van der Waals surface area contributed by atoms with Crippen LogP contribution in [0.25, 0.3) is 0 Å². The largest absolute Gasteiger partial charge is 0.345 e. The Morgan fingerprint density at radius 3 is 2.72 bits per heavy atom. The quantitative estimate of drug-likeness (QED) is 0.841. The third-order valence-electron chi connectivity index (χ3n) is 3.99. The van der Waals surface area contributed by atoms with Crippen molar-refractivity contribution in [2.45, 2.75) is 38.1 Å². The van der Waals surface area contributed by atoms with Crippen LogP contribution in [0.4, 0.5) is 0 Å². The van der Waals surface area contributed by atoms with Crippen LogP contribution in [0.1, 0.15) is 48.4 Å². The number of nitrogens with zero attached hydrogens (tertiary/aromatic N) is 1. The average Bonchev–Trinajstić information content (AvgIpc) is 2.57. The van der Waals surface area contributed by atoms with Gasteiger partial charge in [0.05, 0.1) is 23.2 Å². The lowest BCUT2D eigenvalue weighted by Crippen LogP contribution is -2.39. The maximum atomic E-state index is 11.6. The molecule has 2 aliphatic rings. The Morgan fingerprint density at radius 1 is 1.33 bits per heavy atom. The summed E-state index contributed by atoms with van der Waals surface area (Å²) >= 11 is 0. The summed E-state index contributed by atoms with van der Waals surface area (Å²) in [5, 5.41) is 3.23. The first-order valence-electron chi connectivity index (χ1n) is 6.55. The van der Waals surface area contributed by atoms with Crippen molar-refractivity contribution >= 4 is 9.84 Å². The molecule has 1 aliphatic carbocycles. The van der Waals surface area contributed by atoms with Crippen LogP contribution in [0.3, 0.4) is 0 Å². The summed E-state index contributed by atoms with van der Waals surface area (Å²) in [4.78, 5) is 7.90. The van der Waals surface area contributed by atoms with E-state index in [1.54, 1.807) is 0 Å². The van der Waals surface area contributed by atoms with Crippen molar-refractivity contribution in [3.8, 4) is 0 Å². The standard InChI is InChI=1S/C12H19N3O2S/c1-8-11(9-3-2-4-9)15-12(14-8)10-7-18(16,17)6-5-13-10/h9-10,13H,2-7H2,1H3,(H,14,15). The minimum absolute atomic E-state index is 0.157. The summed E-state index contributed by atoms with van der Waals surface area (Å²) < 4.78 is 23.3. The summed E-state index contributed by atoms with van der Waals surface area (Å²) in [5.41, 5.74) is 2.24. The van der Waals surface area contributed by atoms with Gasteiger partial charge in [-0.15, -0.1) is 0 Å². The molecule has 100 valence electrons. The molecule has 0 aromatic carbocycles. The van der Waals surface area contributed by atoms with Crippen molar-refractivity contribution in [3.05, 3.63) is 17.2 Å². The van der Waals surface area contributed by atoms with Gasteiger partial charge < -0.3 is 10.3 Å². The molecule has 6 heteroatoms. The van der Waals surface area contributed by atoms with Crippen molar-refractivity contribution in [3.63, 3.8) is 0 Å². The van der Waals surface area contributed by atoms with E-state index in [9.17, 15) is 8.42 Å². The average molecular weight is 269 g/mol. The van der Waals surface area contributed by atoms with Crippen LogP contribution in [0.2, 0.25) is 0 Å². The molecule has 18 heavy (non-hydrogen) atoms. The van der Waals surface area contributed by atoms with Crippen LogP contribution in [0.5, 0.6) is 0 Å². The molecule has 1 saturated heterocycles. The minimum Gasteiger partial charge on any atom is -0.345 e.